The first kappa shape index (κ1) is 13.9. The van der Waals surface area contributed by atoms with Crippen LogP contribution in [-0.2, 0) is 5.41 Å². The minimum atomic E-state index is 0.118. The molecule has 0 saturated carbocycles. The van der Waals surface area contributed by atoms with E-state index in [1.54, 1.807) is 0 Å². The smallest absolute Gasteiger partial charge is 0.227 e. The van der Waals surface area contributed by atoms with Crippen LogP contribution in [0.2, 0.25) is 0 Å². The molecule has 3 rings (SSSR count). The van der Waals surface area contributed by atoms with Crippen LogP contribution in [0.15, 0.2) is 40.8 Å². The van der Waals surface area contributed by atoms with Gasteiger partial charge in [-0.1, -0.05) is 44.5 Å². The first-order valence-corrected chi connectivity index (χ1v) is 7.33. The third-order valence-electron chi connectivity index (χ3n) is 3.88. The van der Waals surface area contributed by atoms with E-state index >= 15 is 0 Å². The second-order valence-electron chi connectivity index (χ2n) is 6.77. The van der Waals surface area contributed by atoms with Crippen molar-refractivity contribution < 1.29 is 4.42 Å². The van der Waals surface area contributed by atoms with E-state index in [0.29, 0.717) is 5.89 Å². The molecule has 0 aliphatic rings. The molecule has 0 unspecified atom stereocenters. The van der Waals surface area contributed by atoms with Gasteiger partial charge >= 0.3 is 0 Å². The molecule has 0 radical (unpaired) electrons. The lowest BCUT2D eigenvalue weighted by Crippen LogP contribution is -2.10. The predicted octanol–water partition coefficient (Wildman–Crippen LogP) is 5.41. The van der Waals surface area contributed by atoms with Crippen molar-refractivity contribution in [2.75, 3.05) is 0 Å². The number of nitrogens with zero attached hydrogens (tertiary/aromatic N) is 1. The standard InChI is InChI=1S/C19H21NO/c1-12-6-7-13(2)15(10-12)18-20-16-11-14(19(3,4)5)8-9-17(16)21-18/h6-11H,1-5H3. The molecule has 108 valence electrons. The van der Waals surface area contributed by atoms with E-state index in [4.69, 9.17) is 9.40 Å². The van der Waals surface area contributed by atoms with Crippen molar-refractivity contribution >= 4 is 11.1 Å². The fraction of sp³-hybridized carbons (Fsp3) is 0.316. The summed E-state index contributed by atoms with van der Waals surface area (Å²) < 4.78 is 5.95. The van der Waals surface area contributed by atoms with Gasteiger partial charge in [0, 0.05) is 5.56 Å². The highest BCUT2D eigenvalue weighted by Crippen LogP contribution is 2.30. The Hall–Kier alpha value is -2.09. The molecule has 0 saturated heterocycles. The van der Waals surface area contributed by atoms with E-state index in [1.165, 1.54) is 16.7 Å². The maximum atomic E-state index is 5.95. The molecule has 0 amide bonds. The third kappa shape index (κ3) is 2.58. The maximum Gasteiger partial charge on any atom is 0.227 e. The summed E-state index contributed by atoms with van der Waals surface area (Å²) in [6.07, 6.45) is 0. The molecule has 1 heterocycles. The van der Waals surface area contributed by atoms with Gasteiger partial charge in [-0.25, -0.2) is 4.98 Å². The van der Waals surface area contributed by atoms with Crippen LogP contribution in [0.3, 0.4) is 0 Å². The molecule has 0 fully saturated rings. The fourth-order valence-corrected chi connectivity index (χ4v) is 2.48. The van der Waals surface area contributed by atoms with Crippen LogP contribution in [0.5, 0.6) is 0 Å². The van der Waals surface area contributed by atoms with Gasteiger partial charge in [-0.2, -0.15) is 0 Å². The lowest BCUT2D eigenvalue weighted by molar-refractivity contribution is 0.590. The Morgan fingerprint density at radius 1 is 0.952 bits per heavy atom. The molecule has 0 N–H and O–H groups in total. The van der Waals surface area contributed by atoms with Gasteiger partial charge in [0.15, 0.2) is 5.58 Å². The van der Waals surface area contributed by atoms with Crippen molar-refractivity contribution in [1.29, 1.82) is 0 Å². The third-order valence-corrected chi connectivity index (χ3v) is 3.88. The van der Waals surface area contributed by atoms with Crippen LogP contribution in [0.1, 0.15) is 37.5 Å². The van der Waals surface area contributed by atoms with Crippen LogP contribution < -0.4 is 0 Å². The number of rotatable bonds is 1. The molecule has 0 atom stereocenters. The molecule has 0 spiro atoms. The molecular formula is C19H21NO. The normalized spacial score (nSPS) is 12.0. The topological polar surface area (TPSA) is 26.0 Å². The second-order valence-corrected chi connectivity index (χ2v) is 6.77. The number of fused-ring (bicyclic) bond motifs is 1. The zero-order valence-corrected chi connectivity index (χ0v) is 13.3. The lowest BCUT2D eigenvalue weighted by Gasteiger charge is -2.18. The van der Waals surface area contributed by atoms with Gasteiger partial charge in [0.25, 0.3) is 0 Å². The molecular weight excluding hydrogens is 258 g/mol. The molecule has 0 bridgehead atoms. The van der Waals surface area contributed by atoms with Gasteiger partial charge in [-0.05, 0) is 48.6 Å². The summed E-state index contributed by atoms with van der Waals surface area (Å²) in [5.74, 6) is 0.706. The maximum absolute atomic E-state index is 5.95. The van der Waals surface area contributed by atoms with E-state index in [1.807, 2.05) is 6.07 Å². The van der Waals surface area contributed by atoms with Crippen molar-refractivity contribution in [1.82, 2.24) is 4.98 Å². The fourth-order valence-electron chi connectivity index (χ4n) is 2.48. The molecule has 21 heavy (non-hydrogen) atoms. The van der Waals surface area contributed by atoms with Crippen molar-refractivity contribution in [3.63, 3.8) is 0 Å². The Bertz CT molecular complexity index is 806. The number of oxazole rings is 1. The second kappa shape index (κ2) is 4.73. The predicted molar refractivity (Wildman–Crippen MR) is 87.6 cm³/mol. The Kier molecular flexibility index (Phi) is 3.12. The summed E-state index contributed by atoms with van der Waals surface area (Å²) in [5.41, 5.74) is 6.64. The molecule has 2 heteroatoms. The number of hydrogen-bond acceptors (Lipinski definition) is 2. The van der Waals surface area contributed by atoms with Crippen LogP contribution in [0.4, 0.5) is 0 Å². The largest absolute Gasteiger partial charge is 0.436 e. The van der Waals surface area contributed by atoms with Gasteiger partial charge in [0.05, 0.1) is 0 Å². The van der Waals surface area contributed by atoms with E-state index in [2.05, 4.69) is 65.0 Å². The SMILES string of the molecule is Cc1ccc(C)c(-c2nc3cc(C(C)(C)C)ccc3o2)c1. The first-order valence-electron chi connectivity index (χ1n) is 7.33. The summed E-state index contributed by atoms with van der Waals surface area (Å²) >= 11 is 0. The van der Waals surface area contributed by atoms with Gasteiger partial charge in [0.2, 0.25) is 5.89 Å². The van der Waals surface area contributed by atoms with Crippen LogP contribution in [-0.4, -0.2) is 4.98 Å². The van der Waals surface area contributed by atoms with E-state index in [-0.39, 0.29) is 5.41 Å². The molecule has 0 aliphatic heterocycles. The Morgan fingerprint density at radius 2 is 1.71 bits per heavy atom. The highest BCUT2D eigenvalue weighted by atomic mass is 16.3. The van der Waals surface area contributed by atoms with E-state index in [9.17, 15) is 0 Å². The monoisotopic (exact) mass is 279 g/mol. The number of aromatic nitrogens is 1. The Balaban J connectivity index is 2.15. The Labute approximate surface area is 125 Å². The summed E-state index contributed by atoms with van der Waals surface area (Å²) in [7, 11) is 0. The summed E-state index contributed by atoms with van der Waals surface area (Å²) in [4.78, 5) is 4.69. The van der Waals surface area contributed by atoms with Crippen molar-refractivity contribution in [3.05, 3.63) is 53.1 Å². The molecule has 2 nitrogen and oxygen atoms in total. The van der Waals surface area contributed by atoms with Crippen molar-refractivity contribution in [2.24, 2.45) is 0 Å². The van der Waals surface area contributed by atoms with Crippen molar-refractivity contribution in [2.45, 2.75) is 40.0 Å². The van der Waals surface area contributed by atoms with Gasteiger partial charge < -0.3 is 4.42 Å². The number of benzene rings is 2. The minimum absolute atomic E-state index is 0.118. The number of aryl methyl sites for hydroxylation is 2. The Morgan fingerprint density at radius 3 is 2.43 bits per heavy atom. The van der Waals surface area contributed by atoms with E-state index < -0.39 is 0 Å². The number of hydrogen-bond donors (Lipinski definition) is 0. The van der Waals surface area contributed by atoms with Crippen molar-refractivity contribution in [3.8, 4) is 11.5 Å². The zero-order valence-electron chi connectivity index (χ0n) is 13.3. The molecule has 1 aromatic heterocycles. The van der Waals surface area contributed by atoms with Gasteiger partial charge in [-0.3, -0.25) is 0 Å². The minimum Gasteiger partial charge on any atom is -0.436 e. The average Bonchev–Trinajstić information content (AvgIpc) is 2.83. The summed E-state index contributed by atoms with van der Waals surface area (Å²) in [6, 6.07) is 12.6. The highest BCUT2D eigenvalue weighted by Gasteiger charge is 2.16. The van der Waals surface area contributed by atoms with Crippen LogP contribution >= 0.6 is 0 Å². The molecule has 3 aromatic rings. The highest BCUT2D eigenvalue weighted by molar-refractivity contribution is 5.78. The summed E-state index contributed by atoms with van der Waals surface area (Å²) in [6.45, 7) is 10.8. The average molecular weight is 279 g/mol. The quantitative estimate of drug-likeness (QED) is 0.595. The van der Waals surface area contributed by atoms with Gasteiger partial charge in [-0.15, -0.1) is 0 Å². The first-order chi connectivity index (χ1) is 9.84. The van der Waals surface area contributed by atoms with Gasteiger partial charge in [0.1, 0.15) is 5.52 Å². The summed E-state index contributed by atoms with van der Waals surface area (Å²) in [5, 5.41) is 0. The van der Waals surface area contributed by atoms with Crippen LogP contribution in [0.25, 0.3) is 22.6 Å². The lowest BCUT2D eigenvalue weighted by atomic mass is 9.87. The van der Waals surface area contributed by atoms with Crippen LogP contribution in [0, 0.1) is 13.8 Å². The van der Waals surface area contributed by atoms with E-state index in [0.717, 1.165) is 16.7 Å². The zero-order chi connectivity index (χ0) is 15.2. The molecule has 0 aliphatic carbocycles. The molecule has 2 aromatic carbocycles.